The van der Waals surface area contributed by atoms with Crippen LogP contribution in [0.3, 0.4) is 0 Å². The zero-order valence-corrected chi connectivity index (χ0v) is 24.3. The van der Waals surface area contributed by atoms with Crippen LogP contribution < -0.4 is 0 Å². The minimum atomic E-state index is -1.06. The van der Waals surface area contributed by atoms with Crippen LogP contribution in [0.1, 0.15) is 113 Å². The van der Waals surface area contributed by atoms with Crippen LogP contribution in [-0.4, -0.2) is 34.9 Å². The third-order valence-electron chi connectivity index (χ3n) is 13.1. The van der Waals surface area contributed by atoms with E-state index in [9.17, 15) is 19.8 Å². The first-order valence-electron chi connectivity index (χ1n) is 14.8. The van der Waals surface area contributed by atoms with Gasteiger partial charge in [-0.15, -0.1) is 0 Å². The quantitative estimate of drug-likeness (QED) is 0.320. The molecule has 0 spiro atoms. The molecule has 5 aliphatic carbocycles. The van der Waals surface area contributed by atoms with Crippen LogP contribution in [0.5, 0.6) is 0 Å². The Kier molecular flexibility index (Phi) is 6.12. The number of hydrogen-bond donors (Lipinski definition) is 2. The molecule has 5 aliphatic rings. The van der Waals surface area contributed by atoms with Crippen molar-refractivity contribution in [1.29, 1.82) is 0 Å². The van der Waals surface area contributed by atoms with Crippen molar-refractivity contribution >= 4 is 11.9 Å². The summed E-state index contributed by atoms with van der Waals surface area (Å²) in [5.41, 5.74) is 0.198. The highest BCUT2D eigenvalue weighted by molar-refractivity contribution is 5.78. The summed E-state index contributed by atoms with van der Waals surface area (Å²) in [5, 5.41) is 21.9. The fraction of sp³-hybridized carbons (Fsp3) is 0.875. The average Bonchev–Trinajstić information content (AvgIpc) is 2.77. The number of carboxylic acids is 1. The van der Waals surface area contributed by atoms with Crippen LogP contribution in [0.2, 0.25) is 0 Å². The van der Waals surface area contributed by atoms with Crippen LogP contribution >= 0.6 is 0 Å². The SMILES string of the molecule is CC(=O)OC1CC(C)(C)C[C@@H]2C3=CC[C@@H]4[C@@]5(CO)CCCC(C)(C)C5CC[C@@]4(C)[C@]3(C)CC[C@@]12C(=O)O. The Balaban J connectivity index is 1.64. The van der Waals surface area contributed by atoms with Crippen molar-refractivity contribution < 1.29 is 24.5 Å². The van der Waals surface area contributed by atoms with Crippen LogP contribution in [0.15, 0.2) is 11.6 Å². The Labute approximate surface area is 223 Å². The molecule has 0 saturated heterocycles. The molecule has 0 amide bonds. The summed E-state index contributed by atoms with van der Waals surface area (Å²) in [4.78, 5) is 25.3. The molecule has 0 radical (unpaired) electrons. The van der Waals surface area contributed by atoms with Gasteiger partial charge >= 0.3 is 11.9 Å². The van der Waals surface area contributed by atoms with Crippen molar-refractivity contribution in [2.45, 2.75) is 119 Å². The number of ether oxygens (including phenoxy) is 1. The zero-order valence-electron chi connectivity index (χ0n) is 24.3. The van der Waals surface area contributed by atoms with Gasteiger partial charge in [0.25, 0.3) is 0 Å². The molecule has 0 aliphatic heterocycles. The lowest BCUT2D eigenvalue weighted by atomic mass is 9.33. The van der Waals surface area contributed by atoms with Gasteiger partial charge in [-0.1, -0.05) is 59.6 Å². The fourth-order valence-corrected chi connectivity index (χ4v) is 11.2. The molecule has 5 nitrogen and oxygen atoms in total. The second-order valence-electron chi connectivity index (χ2n) is 15.6. The Bertz CT molecular complexity index is 1010. The molecule has 0 aromatic rings. The van der Waals surface area contributed by atoms with Crippen molar-refractivity contribution in [2.75, 3.05) is 6.61 Å². The molecule has 208 valence electrons. The number of aliphatic hydroxyl groups is 1. The number of carbonyl (C=O) groups is 2. The second-order valence-corrected chi connectivity index (χ2v) is 15.6. The maximum atomic E-state index is 13.2. The van der Waals surface area contributed by atoms with Gasteiger partial charge in [0.05, 0.1) is 0 Å². The molecule has 4 saturated carbocycles. The molecule has 8 atom stereocenters. The van der Waals surface area contributed by atoms with Crippen LogP contribution in [0, 0.1) is 50.2 Å². The summed E-state index contributed by atoms with van der Waals surface area (Å²) >= 11 is 0. The lowest BCUT2D eigenvalue weighted by Crippen LogP contribution is -2.67. The van der Waals surface area contributed by atoms with E-state index in [1.165, 1.54) is 25.3 Å². The van der Waals surface area contributed by atoms with Crippen LogP contribution in [0.25, 0.3) is 0 Å². The Hall–Kier alpha value is -1.36. The van der Waals surface area contributed by atoms with E-state index in [-0.39, 0.29) is 45.6 Å². The first-order chi connectivity index (χ1) is 17.1. The van der Waals surface area contributed by atoms with Gasteiger partial charge in [0.2, 0.25) is 0 Å². The average molecular weight is 515 g/mol. The summed E-state index contributed by atoms with van der Waals surface area (Å²) in [6.07, 6.45) is 11.2. The standard InChI is InChI=1S/C32H50O5/c1-20(34)37-25-18-27(2,3)17-22-21-9-10-24-30(7,29(21,6)15-16-32(22,25)26(35)36)14-11-23-28(4,5)12-8-13-31(23,24)19-33/h9,22-25,33H,8,10-19H2,1-7H3,(H,35,36)/t22-,23?,24+,25?,29-,30-,31-,32+/m1/s1. The molecule has 2 unspecified atom stereocenters. The minimum Gasteiger partial charge on any atom is -0.481 e. The van der Waals surface area contributed by atoms with Crippen molar-refractivity contribution in [3.63, 3.8) is 0 Å². The number of fused-ring (bicyclic) bond motifs is 7. The normalized spacial score (nSPS) is 47.8. The largest absolute Gasteiger partial charge is 0.481 e. The Morgan fingerprint density at radius 2 is 1.68 bits per heavy atom. The van der Waals surface area contributed by atoms with E-state index in [2.05, 4.69) is 47.6 Å². The number of carbonyl (C=O) groups excluding carboxylic acids is 1. The molecule has 5 rings (SSSR count). The molecule has 5 heteroatoms. The summed E-state index contributed by atoms with van der Waals surface area (Å²) < 4.78 is 5.85. The van der Waals surface area contributed by atoms with Crippen molar-refractivity contribution in [3.8, 4) is 0 Å². The first kappa shape index (κ1) is 27.2. The number of allylic oxidation sites excluding steroid dienone is 2. The van der Waals surface area contributed by atoms with Gasteiger partial charge in [0, 0.05) is 24.9 Å². The monoisotopic (exact) mass is 514 g/mol. The molecular formula is C32H50O5. The highest BCUT2D eigenvalue weighted by Crippen LogP contribution is 2.75. The molecule has 0 aromatic carbocycles. The van der Waals surface area contributed by atoms with Crippen molar-refractivity contribution in [1.82, 2.24) is 0 Å². The maximum absolute atomic E-state index is 13.2. The Morgan fingerprint density at radius 3 is 2.30 bits per heavy atom. The third kappa shape index (κ3) is 3.50. The van der Waals surface area contributed by atoms with Crippen molar-refractivity contribution in [2.24, 2.45) is 50.2 Å². The van der Waals surface area contributed by atoms with E-state index in [1.54, 1.807) is 0 Å². The summed E-state index contributed by atoms with van der Waals surface area (Å²) in [7, 11) is 0. The number of hydrogen-bond acceptors (Lipinski definition) is 4. The predicted octanol–water partition coefficient (Wildman–Crippen LogP) is 6.78. The van der Waals surface area contributed by atoms with E-state index >= 15 is 0 Å². The van der Waals surface area contributed by atoms with Gasteiger partial charge in [-0.05, 0) is 91.3 Å². The summed E-state index contributed by atoms with van der Waals surface area (Å²) in [6, 6.07) is 0. The smallest absolute Gasteiger partial charge is 0.314 e. The molecule has 0 aromatic heterocycles. The lowest BCUT2D eigenvalue weighted by molar-refractivity contribution is -0.215. The van der Waals surface area contributed by atoms with Gasteiger partial charge in [0.15, 0.2) is 0 Å². The summed E-state index contributed by atoms with van der Waals surface area (Å²) in [6.45, 7) is 15.8. The highest BCUT2D eigenvalue weighted by Gasteiger charge is 2.71. The zero-order chi connectivity index (χ0) is 27.2. The van der Waals surface area contributed by atoms with Crippen LogP contribution in [0.4, 0.5) is 0 Å². The molecule has 4 fully saturated rings. The second kappa shape index (κ2) is 8.32. The van der Waals surface area contributed by atoms with E-state index in [0.29, 0.717) is 24.7 Å². The number of aliphatic hydroxyl groups excluding tert-OH is 1. The molecule has 2 N–H and O–H groups in total. The van der Waals surface area contributed by atoms with Gasteiger partial charge in [-0.25, -0.2) is 0 Å². The Morgan fingerprint density at radius 1 is 0.973 bits per heavy atom. The topological polar surface area (TPSA) is 83.8 Å². The molecule has 37 heavy (non-hydrogen) atoms. The predicted molar refractivity (Wildman–Crippen MR) is 144 cm³/mol. The molecule has 0 heterocycles. The first-order valence-corrected chi connectivity index (χ1v) is 14.8. The van der Waals surface area contributed by atoms with Crippen LogP contribution in [-0.2, 0) is 14.3 Å². The number of esters is 1. The highest BCUT2D eigenvalue weighted by atomic mass is 16.5. The minimum absolute atomic E-state index is 0.00686. The number of aliphatic carboxylic acids is 1. The van der Waals surface area contributed by atoms with E-state index in [4.69, 9.17) is 4.74 Å². The third-order valence-corrected chi connectivity index (χ3v) is 13.1. The van der Waals surface area contributed by atoms with Gasteiger partial charge in [-0.3, -0.25) is 9.59 Å². The number of rotatable bonds is 3. The van der Waals surface area contributed by atoms with Gasteiger partial charge < -0.3 is 14.9 Å². The van der Waals surface area contributed by atoms with E-state index in [0.717, 1.165) is 38.5 Å². The van der Waals surface area contributed by atoms with Crippen molar-refractivity contribution in [3.05, 3.63) is 11.6 Å². The summed E-state index contributed by atoms with van der Waals surface area (Å²) in [5.74, 6) is -0.406. The van der Waals surface area contributed by atoms with E-state index in [1.807, 2.05) is 0 Å². The van der Waals surface area contributed by atoms with Gasteiger partial charge in [0.1, 0.15) is 11.5 Å². The molecular weight excluding hydrogens is 464 g/mol. The number of carboxylic acid groups (broad SMARTS) is 1. The van der Waals surface area contributed by atoms with E-state index < -0.39 is 17.5 Å². The maximum Gasteiger partial charge on any atom is 0.314 e. The molecule has 0 bridgehead atoms. The lowest BCUT2D eigenvalue weighted by Gasteiger charge is -2.71. The fourth-order valence-electron chi connectivity index (χ4n) is 11.2. The van der Waals surface area contributed by atoms with Gasteiger partial charge in [-0.2, -0.15) is 0 Å².